The van der Waals surface area contributed by atoms with Gasteiger partial charge in [0, 0.05) is 6.04 Å². The van der Waals surface area contributed by atoms with Crippen molar-refractivity contribution in [2.75, 3.05) is 13.1 Å². The minimum Gasteiger partial charge on any atom is -0.297 e. The fourth-order valence-corrected chi connectivity index (χ4v) is 4.26. The Balaban J connectivity index is 0.00000729. The molecule has 164 valence electrons. The first-order valence-corrected chi connectivity index (χ1v) is 12.1. The largest absolute Gasteiger partial charge is 0.297 e. The van der Waals surface area contributed by atoms with Gasteiger partial charge in [0.25, 0.3) is 0 Å². The first kappa shape index (κ1) is 27.7. The van der Waals surface area contributed by atoms with Crippen molar-refractivity contribution in [2.45, 2.75) is 117 Å². The standard InChI is InChI=1S/C26H47N.BrH/c1-4-7-8-9-10-11-12-13-14-15-16-17-21-24-26(27(5-2)6-3)25-22-19-18-20-23-25;/h18-20,22-23,26H,4-17,21,24H2,1-3H3;1H. The van der Waals surface area contributed by atoms with Gasteiger partial charge in [-0.2, -0.15) is 0 Å². The molecule has 0 amide bonds. The Morgan fingerprint density at radius 3 is 1.46 bits per heavy atom. The number of rotatable bonds is 18. The third-order valence-electron chi connectivity index (χ3n) is 6.02. The molecule has 1 unspecified atom stereocenters. The molecule has 0 saturated heterocycles. The number of hydrogen-bond donors (Lipinski definition) is 0. The van der Waals surface area contributed by atoms with Crippen LogP contribution in [0, 0.1) is 0 Å². The quantitative estimate of drug-likeness (QED) is 0.200. The average Bonchev–Trinajstić information content (AvgIpc) is 2.71. The highest BCUT2D eigenvalue weighted by Gasteiger charge is 2.16. The summed E-state index contributed by atoms with van der Waals surface area (Å²) in [4.78, 5) is 2.62. The van der Waals surface area contributed by atoms with Crippen LogP contribution in [0.25, 0.3) is 0 Å². The molecule has 0 aliphatic heterocycles. The SMILES string of the molecule is Br.CCCCCCCCCCCCCCCC(c1ccccc1)N(CC)CC. The topological polar surface area (TPSA) is 3.24 Å². The summed E-state index contributed by atoms with van der Waals surface area (Å²) in [5, 5.41) is 0. The number of halogens is 1. The molecular weight excluding hydrogens is 406 g/mol. The van der Waals surface area contributed by atoms with Crippen LogP contribution in [0.1, 0.15) is 122 Å². The van der Waals surface area contributed by atoms with Crippen LogP contribution in [0.5, 0.6) is 0 Å². The van der Waals surface area contributed by atoms with Gasteiger partial charge in [-0.15, -0.1) is 17.0 Å². The van der Waals surface area contributed by atoms with Crippen LogP contribution in [0.2, 0.25) is 0 Å². The predicted octanol–water partition coefficient (Wildman–Crippen LogP) is 9.13. The molecule has 1 nitrogen and oxygen atoms in total. The van der Waals surface area contributed by atoms with Gasteiger partial charge in [-0.05, 0) is 25.1 Å². The number of benzene rings is 1. The Hall–Kier alpha value is -0.340. The lowest BCUT2D eigenvalue weighted by atomic mass is 9.98. The van der Waals surface area contributed by atoms with Gasteiger partial charge in [0.1, 0.15) is 0 Å². The Morgan fingerprint density at radius 2 is 1.04 bits per heavy atom. The maximum atomic E-state index is 2.62. The normalized spacial score (nSPS) is 12.1. The molecule has 28 heavy (non-hydrogen) atoms. The minimum atomic E-state index is 0. The van der Waals surface area contributed by atoms with Gasteiger partial charge in [-0.25, -0.2) is 0 Å². The smallest absolute Gasteiger partial charge is 0.0347 e. The molecule has 1 atom stereocenters. The first-order valence-electron chi connectivity index (χ1n) is 12.1. The molecule has 0 radical (unpaired) electrons. The Bertz CT molecular complexity index is 416. The maximum Gasteiger partial charge on any atom is 0.0347 e. The molecule has 0 aliphatic carbocycles. The molecule has 0 saturated carbocycles. The molecule has 1 rings (SSSR count). The van der Waals surface area contributed by atoms with Gasteiger partial charge in [0.05, 0.1) is 0 Å². The van der Waals surface area contributed by atoms with E-state index in [0.29, 0.717) is 6.04 Å². The van der Waals surface area contributed by atoms with E-state index in [1.165, 1.54) is 95.5 Å². The van der Waals surface area contributed by atoms with Crippen LogP contribution >= 0.6 is 17.0 Å². The van der Waals surface area contributed by atoms with Gasteiger partial charge >= 0.3 is 0 Å². The van der Waals surface area contributed by atoms with E-state index in [9.17, 15) is 0 Å². The summed E-state index contributed by atoms with van der Waals surface area (Å²) in [6, 6.07) is 11.7. The lowest BCUT2D eigenvalue weighted by Crippen LogP contribution is -2.28. The molecule has 0 aliphatic rings. The van der Waals surface area contributed by atoms with Crippen LogP contribution in [-0.2, 0) is 0 Å². The molecule has 1 aromatic carbocycles. The molecule has 1 aromatic rings. The Kier molecular flexibility index (Phi) is 19.7. The molecule has 0 N–H and O–H groups in total. The first-order chi connectivity index (χ1) is 13.3. The van der Waals surface area contributed by atoms with E-state index in [0.717, 1.165) is 13.1 Å². The summed E-state index contributed by atoms with van der Waals surface area (Å²) in [6.45, 7) is 9.18. The monoisotopic (exact) mass is 453 g/mol. The molecule has 0 heterocycles. The minimum absolute atomic E-state index is 0. The Morgan fingerprint density at radius 1 is 0.607 bits per heavy atom. The second-order valence-corrected chi connectivity index (χ2v) is 8.18. The second-order valence-electron chi connectivity index (χ2n) is 8.18. The van der Waals surface area contributed by atoms with Gasteiger partial charge in [-0.1, -0.05) is 135 Å². The molecule has 0 aromatic heterocycles. The van der Waals surface area contributed by atoms with E-state index in [-0.39, 0.29) is 17.0 Å². The molecule has 0 fully saturated rings. The predicted molar refractivity (Wildman–Crippen MR) is 133 cm³/mol. The van der Waals surface area contributed by atoms with Crippen molar-refractivity contribution in [3.05, 3.63) is 35.9 Å². The molecule has 2 heteroatoms. The average molecular weight is 455 g/mol. The van der Waals surface area contributed by atoms with Crippen molar-refractivity contribution in [3.8, 4) is 0 Å². The van der Waals surface area contributed by atoms with Crippen molar-refractivity contribution < 1.29 is 0 Å². The summed E-state index contributed by atoms with van der Waals surface area (Å²) in [5.74, 6) is 0. The highest BCUT2D eigenvalue weighted by Crippen LogP contribution is 2.26. The van der Waals surface area contributed by atoms with Gasteiger partial charge in [0.15, 0.2) is 0 Å². The van der Waals surface area contributed by atoms with Gasteiger partial charge in [0.2, 0.25) is 0 Å². The van der Waals surface area contributed by atoms with Crippen molar-refractivity contribution in [1.82, 2.24) is 4.90 Å². The van der Waals surface area contributed by atoms with Crippen LogP contribution in [0.4, 0.5) is 0 Å². The lowest BCUT2D eigenvalue weighted by molar-refractivity contribution is 0.204. The van der Waals surface area contributed by atoms with Crippen molar-refractivity contribution in [2.24, 2.45) is 0 Å². The number of hydrogen-bond acceptors (Lipinski definition) is 1. The molecular formula is C26H48BrN. The van der Waals surface area contributed by atoms with E-state index in [4.69, 9.17) is 0 Å². The van der Waals surface area contributed by atoms with Crippen molar-refractivity contribution in [1.29, 1.82) is 0 Å². The summed E-state index contributed by atoms with van der Waals surface area (Å²) in [6.07, 6.45) is 20.0. The zero-order chi connectivity index (χ0) is 19.6. The van der Waals surface area contributed by atoms with E-state index in [1.54, 1.807) is 0 Å². The molecule has 0 spiro atoms. The molecule has 0 bridgehead atoms. The fourth-order valence-electron chi connectivity index (χ4n) is 4.26. The fraction of sp³-hybridized carbons (Fsp3) is 0.769. The zero-order valence-electron chi connectivity index (χ0n) is 19.1. The summed E-state index contributed by atoms with van der Waals surface area (Å²) < 4.78 is 0. The summed E-state index contributed by atoms with van der Waals surface area (Å²) in [7, 11) is 0. The highest BCUT2D eigenvalue weighted by molar-refractivity contribution is 8.93. The summed E-state index contributed by atoms with van der Waals surface area (Å²) in [5.41, 5.74) is 1.50. The third kappa shape index (κ3) is 13.0. The van der Waals surface area contributed by atoms with Gasteiger partial charge in [-0.3, -0.25) is 4.90 Å². The van der Waals surface area contributed by atoms with E-state index >= 15 is 0 Å². The van der Waals surface area contributed by atoms with Crippen LogP contribution in [0.15, 0.2) is 30.3 Å². The van der Waals surface area contributed by atoms with Crippen molar-refractivity contribution >= 4 is 17.0 Å². The second kappa shape index (κ2) is 20.0. The van der Waals surface area contributed by atoms with Crippen LogP contribution < -0.4 is 0 Å². The van der Waals surface area contributed by atoms with Crippen LogP contribution in [-0.4, -0.2) is 18.0 Å². The van der Waals surface area contributed by atoms with Crippen molar-refractivity contribution in [3.63, 3.8) is 0 Å². The van der Waals surface area contributed by atoms with E-state index in [2.05, 4.69) is 56.0 Å². The van der Waals surface area contributed by atoms with Crippen LogP contribution in [0.3, 0.4) is 0 Å². The van der Waals surface area contributed by atoms with Gasteiger partial charge < -0.3 is 0 Å². The third-order valence-corrected chi connectivity index (χ3v) is 6.02. The number of unbranched alkanes of at least 4 members (excludes halogenated alkanes) is 12. The lowest BCUT2D eigenvalue weighted by Gasteiger charge is -2.30. The van der Waals surface area contributed by atoms with E-state index < -0.39 is 0 Å². The maximum absolute atomic E-state index is 2.62. The Labute approximate surface area is 187 Å². The highest BCUT2D eigenvalue weighted by atomic mass is 79.9. The van der Waals surface area contributed by atoms with E-state index in [1.807, 2.05) is 0 Å². The summed E-state index contributed by atoms with van der Waals surface area (Å²) >= 11 is 0. The zero-order valence-corrected chi connectivity index (χ0v) is 20.8. The number of nitrogens with zero attached hydrogens (tertiary/aromatic N) is 1.